The van der Waals surface area contributed by atoms with Crippen LogP contribution in [-0.2, 0) is 9.53 Å². The van der Waals surface area contributed by atoms with E-state index in [-0.39, 0.29) is 29.7 Å². The van der Waals surface area contributed by atoms with Crippen LogP contribution < -0.4 is 4.74 Å². The lowest BCUT2D eigenvalue weighted by Gasteiger charge is -2.08. The first kappa shape index (κ1) is 12.5. The fraction of sp³-hybridized carbons (Fsp3) is 0.417. The first-order chi connectivity index (χ1) is 8.68. The van der Waals surface area contributed by atoms with Gasteiger partial charge in [0.05, 0.1) is 11.5 Å². The van der Waals surface area contributed by atoms with E-state index in [9.17, 15) is 14.9 Å². The van der Waals surface area contributed by atoms with Gasteiger partial charge in [0.25, 0.3) is 0 Å². The van der Waals surface area contributed by atoms with Crippen molar-refractivity contribution >= 4 is 11.5 Å². The predicted octanol–water partition coefficient (Wildman–Crippen LogP) is 1.58. The standard InChI is InChI=1S/C12H13NO5/c14-11(9-5-6-17-7-9)8-18-12-4-2-1-3-10(12)13(15)16/h1-4,9H,5-8H2. The van der Waals surface area contributed by atoms with Crippen LogP contribution in [0.5, 0.6) is 5.75 Å². The van der Waals surface area contributed by atoms with Gasteiger partial charge < -0.3 is 9.47 Å². The molecule has 0 aromatic heterocycles. The second-order valence-corrected chi connectivity index (χ2v) is 4.04. The number of nitro benzene ring substituents is 1. The van der Waals surface area contributed by atoms with E-state index in [2.05, 4.69) is 0 Å². The van der Waals surface area contributed by atoms with Gasteiger partial charge in [-0.3, -0.25) is 14.9 Å². The molecular weight excluding hydrogens is 238 g/mol. The molecule has 0 N–H and O–H groups in total. The van der Waals surface area contributed by atoms with Gasteiger partial charge >= 0.3 is 5.69 Å². The molecule has 1 aromatic carbocycles. The molecule has 0 spiro atoms. The molecule has 1 saturated heterocycles. The smallest absolute Gasteiger partial charge is 0.310 e. The number of hydrogen-bond donors (Lipinski definition) is 0. The molecule has 0 aliphatic carbocycles. The highest BCUT2D eigenvalue weighted by atomic mass is 16.6. The number of ketones is 1. The van der Waals surface area contributed by atoms with Crippen LogP contribution in [-0.4, -0.2) is 30.5 Å². The summed E-state index contributed by atoms with van der Waals surface area (Å²) >= 11 is 0. The molecule has 0 saturated carbocycles. The van der Waals surface area contributed by atoms with Crippen LogP contribution in [0.4, 0.5) is 5.69 Å². The van der Waals surface area contributed by atoms with Crippen LogP contribution in [0, 0.1) is 16.0 Å². The van der Waals surface area contributed by atoms with E-state index < -0.39 is 4.92 Å². The van der Waals surface area contributed by atoms with Gasteiger partial charge in [0.15, 0.2) is 11.5 Å². The molecule has 1 fully saturated rings. The van der Waals surface area contributed by atoms with Gasteiger partial charge in [0.1, 0.15) is 6.61 Å². The lowest BCUT2D eigenvalue weighted by molar-refractivity contribution is -0.385. The zero-order chi connectivity index (χ0) is 13.0. The third-order valence-corrected chi connectivity index (χ3v) is 2.82. The Morgan fingerprint density at radius 1 is 1.50 bits per heavy atom. The van der Waals surface area contributed by atoms with Gasteiger partial charge in [0, 0.05) is 18.6 Å². The van der Waals surface area contributed by atoms with E-state index in [1.165, 1.54) is 12.1 Å². The van der Waals surface area contributed by atoms with E-state index in [0.717, 1.165) is 0 Å². The van der Waals surface area contributed by atoms with Crippen LogP contribution in [0.2, 0.25) is 0 Å². The van der Waals surface area contributed by atoms with Gasteiger partial charge in [0.2, 0.25) is 0 Å². The predicted molar refractivity (Wildman–Crippen MR) is 62.5 cm³/mol. The molecular formula is C12H13NO5. The highest BCUT2D eigenvalue weighted by Crippen LogP contribution is 2.26. The second-order valence-electron chi connectivity index (χ2n) is 4.04. The highest BCUT2D eigenvalue weighted by Gasteiger charge is 2.24. The van der Waals surface area contributed by atoms with Crippen molar-refractivity contribution in [3.8, 4) is 5.75 Å². The van der Waals surface area contributed by atoms with Gasteiger partial charge in [-0.05, 0) is 12.5 Å². The molecule has 0 radical (unpaired) electrons. The number of benzene rings is 1. The number of para-hydroxylation sites is 2. The van der Waals surface area contributed by atoms with Crippen LogP contribution in [0.3, 0.4) is 0 Å². The highest BCUT2D eigenvalue weighted by molar-refractivity contribution is 5.82. The SMILES string of the molecule is O=C(COc1ccccc1[N+](=O)[O-])C1CCOC1. The molecule has 1 aliphatic heterocycles. The number of ether oxygens (including phenoxy) is 2. The number of nitro groups is 1. The van der Waals surface area contributed by atoms with Crippen molar-refractivity contribution in [2.24, 2.45) is 5.92 Å². The summed E-state index contributed by atoms with van der Waals surface area (Å²) in [6, 6.07) is 6.01. The van der Waals surface area contributed by atoms with Crippen molar-refractivity contribution in [2.75, 3.05) is 19.8 Å². The van der Waals surface area contributed by atoms with Crippen molar-refractivity contribution in [3.05, 3.63) is 34.4 Å². The van der Waals surface area contributed by atoms with Crippen molar-refractivity contribution in [1.29, 1.82) is 0 Å². The largest absolute Gasteiger partial charge is 0.479 e. The van der Waals surface area contributed by atoms with Crippen LogP contribution in [0.1, 0.15) is 6.42 Å². The Labute approximate surface area is 104 Å². The number of rotatable bonds is 5. The Bertz CT molecular complexity index is 454. The molecule has 2 rings (SSSR count). The maximum absolute atomic E-state index is 11.7. The summed E-state index contributed by atoms with van der Waals surface area (Å²) in [6.07, 6.45) is 0.694. The van der Waals surface area contributed by atoms with Crippen molar-refractivity contribution in [3.63, 3.8) is 0 Å². The molecule has 96 valence electrons. The second kappa shape index (κ2) is 5.59. The number of carbonyl (C=O) groups is 1. The van der Waals surface area contributed by atoms with E-state index in [1.807, 2.05) is 0 Å². The molecule has 0 amide bonds. The quantitative estimate of drug-likeness (QED) is 0.586. The lowest BCUT2D eigenvalue weighted by atomic mass is 10.0. The minimum absolute atomic E-state index is 0.0781. The van der Waals surface area contributed by atoms with Crippen molar-refractivity contribution in [2.45, 2.75) is 6.42 Å². The first-order valence-electron chi connectivity index (χ1n) is 5.65. The van der Waals surface area contributed by atoms with Crippen LogP contribution in [0.25, 0.3) is 0 Å². The van der Waals surface area contributed by atoms with Gasteiger partial charge in [-0.2, -0.15) is 0 Å². The first-order valence-corrected chi connectivity index (χ1v) is 5.65. The Morgan fingerprint density at radius 3 is 2.94 bits per heavy atom. The molecule has 6 heteroatoms. The van der Waals surface area contributed by atoms with E-state index in [0.29, 0.717) is 19.6 Å². The van der Waals surface area contributed by atoms with E-state index >= 15 is 0 Å². The summed E-state index contributed by atoms with van der Waals surface area (Å²) < 4.78 is 10.3. The van der Waals surface area contributed by atoms with E-state index in [1.54, 1.807) is 12.1 Å². The molecule has 1 aromatic rings. The zero-order valence-corrected chi connectivity index (χ0v) is 9.70. The lowest BCUT2D eigenvalue weighted by Crippen LogP contribution is -2.21. The molecule has 1 aliphatic rings. The fourth-order valence-electron chi connectivity index (χ4n) is 1.79. The fourth-order valence-corrected chi connectivity index (χ4v) is 1.79. The summed E-state index contributed by atoms with van der Waals surface area (Å²) in [5.41, 5.74) is -0.132. The zero-order valence-electron chi connectivity index (χ0n) is 9.70. The molecule has 6 nitrogen and oxygen atoms in total. The maximum atomic E-state index is 11.7. The summed E-state index contributed by atoms with van der Waals surface area (Å²) in [7, 11) is 0. The minimum atomic E-state index is -0.529. The Balaban J connectivity index is 1.97. The Kier molecular flexibility index (Phi) is 3.88. The summed E-state index contributed by atoms with van der Waals surface area (Å²) in [4.78, 5) is 21.9. The van der Waals surface area contributed by atoms with Gasteiger partial charge in [-0.15, -0.1) is 0 Å². The number of Topliss-reactive ketones (excluding diaryl/α,β-unsaturated/α-hetero) is 1. The summed E-state index contributed by atoms with van der Waals surface area (Å²) in [5.74, 6) is -0.104. The van der Waals surface area contributed by atoms with E-state index in [4.69, 9.17) is 9.47 Å². The monoisotopic (exact) mass is 251 g/mol. The summed E-state index contributed by atoms with van der Waals surface area (Å²) in [5, 5.41) is 10.7. The third-order valence-electron chi connectivity index (χ3n) is 2.82. The molecule has 18 heavy (non-hydrogen) atoms. The third kappa shape index (κ3) is 2.84. The maximum Gasteiger partial charge on any atom is 0.310 e. The molecule has 1 heterocycles. The van der Waals surface area contributed by atoms with Crippen molar-refractivity contribution < 1.29 is 19.2 Å². The minimum Gasteiger partial charge on any atom is -0.479 e. The Morgan fingerprint density at radius 2 is 2.28 bits per heavy atom. The summed E-state index contributed by atoms with van der Waals surface area (Å²) in [6.45, 7) is 0.847. The molecule has 1 unspecified atom stereocenters. The van der Waals surface area contributed by atoms with Crippen LogP contribution in [0.15, 0.2) is 24.3 Å². The average molecular weight is 251 g/mol. The number of hydrogen-bond acceptors (Lipinski definition) is 5. The average Bonchev–Trinajstić information content (AvgIpc) is 2.90. The normalized spacial score (nSPS) is 18.6. The molecule has 1 atom stereocenters. The number of nitrogens with zero attached hydrogens (tertiary/aromatic N) is 1. The van der Waals surface area contributed by atoms with Gasteiger partial charge in [-0.25, -0.2) is 0 Å². The van der Waals surface area contributed by atoms with Gasteiger partial charge in [-0.1, -0.05) is 12.1 Å². The van der Waals surface area contributed by atoms with Crippen LogP contribution >= 0.6 is 0 Å². The van der Waals surface area contributed by atoms with Crippen molar-refractivity contribution in [1.82, 2.24) is 0 Å². The topological polar surface area (TPSA) is 78.7 Å². The Hall–Kier alpha value is -1.95. The number of carbonyl (C=O) groups excluding carboxylic acids is 1. The molecule has 0 bridgehead atoms.